The Hall–Kier alpha value is -1.08. The molecule has 0 fully saturated rings. The predicted molar refractivity (Wildman–Crippen MR) is 60.3 cm³/mol. The Kier molecular flexibility index (Phi) is 3.48. The highest BCUT2D eigenvalue weighted by Gasteiger charge is 2.20. The van der Waals surface area contributed by atoms with Crippen LogP contribution in [-0.2, 0) is 6.42 Å². The Morgan fingerprint density at radius 3 is 2.57 bits per heavy atom. The second kappa shape index (κ2) is 4.43. The lowest BCUT2D eigenvalue weighted by molar-refractivity contribution is 0.184. The van der Waals surface area contributed by atoms with Crippen LogP contribution in [0.3, 0.4) is 0 Å². The van der Waals surface area contributed by atoms with Crippen LogP contribution in [0.25, 0.3) is 0 Å². The van der Waals surface area contributed by atoms with Crippen molar-refractivity contribution in [2.75, 3.05) is 6.61 Å². The maximum Gasteiger partial charge on any atom is 0.0522 e. The van der Waals surface area contributed by atoms with Crippen molar-refractivity contribution in [1.29, 1.82) is 0 Å². The van der Waals surface area contributed by atoms with E-state index < -0.39 is 0 Å². The van der Waals surface area contributed by atoms with Gasteiger partial charge in [0.1, 0.15) is 0 Å². The zero-order valence-electron chi connectivity index (χ0n) is 8.96. The first-order chi connectivity index (χ1) is 6.61. The molecule has 0 aliphatic heterocycles. The van der Waals surface area contributed by atoms with E-state index in [2.05, 4.69) is 25.6 Å². The summed E-state index contributed by atoms with van der Waals surface area (Å²) in [4.78, 5) is 0. The van der Waals surface area contributed by atoms with Gasteiger partial charge in [-0.2, -0.15) is 0 Å². The average Bonchev–Trinajstić information content (AvgIpc) is 2.21. The standard InChI is InChI=1S/C13H18O/c1-4-13(3,10-14)9-12-8-6-5-7-11(12)2/h4-8,14H,1,9-10H2,2-3H3. The Bertz CT molecular complexity index is 317. The first-order valence-corrected chi connectivity index (χ1v) is 4.90. The monoisotopic (exact) mass is 190 g/mol. The van der Waals surface area contributed by atoms with Crippen molar-refractivity contribution in [1.82, 2.24) is 0 Å². The zero-order chi connectivity index (χ0) is 10.6. The molecule has 0 saturated carbocycles. The predicted octanol–water partition coefficient (Wildman–Crippen LogP) is 2.72. The van der Waals surface area contributed by atoms with E-state index >= 15 is 0 Å². The summed E-state index contributed by atoms with van der Waals surface area (Å²) in [6.45, 7) is 8.03. The molecule has 0 aliphatic rings. The van der Waals surface area contributed by atoms with Crippen molar-refractivity contribution < 1.29 is 5.11 Å². The maximum atomic E-state index is 9.27. The molecule has 76 valence electrons. The van der Waals surface area contributed by atoms with Crippen molar-refractivity contribution in [2.24, 2.45) is 5.41 Å². The largest absolute Gasteiger partial charge is 0.395 e. The smallest absolute Gasteiger partial charge is 0.0522 e. The summed E-state index contributed by atoms with van der Waals surface area (Å²) in [5.41, 5.74) is 2.35. The Labute approximate surface area is 86.1 Å². The molecular formula is C13H18O. The highest BCUT2D eigenvalue weighted by Crippen LogP contribution is 2.24. The van der Waals surface area contributed by atoms with Gasteiger partial charge in [0, 0.05) is 5.41 Å². The van der Waals surface area contributed by atoms with E-state index in [1.807, 2.05) is 25.1 Å². The van der Waals surface area contributed by atoms with Crippen molar-refractivity contribution >= 4 is 0 Å². The molecule has 14 heavy (non-hydrogen) atoms. The van der Waals surface area contributed by atoms with Gasteiger partial charge in [0.2, 0.25) is 0 Å². The van der Waals surface area contributed by atoms with Crippen LogP contribution >= 0.6 is 0 Å². The zero-order valence-corrected chi connectivity index (χ0v) is 8.96. The first kappa shape index (κ1) is 11.0. The van der Waals surface area contributed by atoms with E-state index in [1.165, 1.54) is 11.1 Å². The molecule has 1 nitrogen and oxygen atoms in total. The molecule has 1 aromatic rings. The molecule has 0 saturated heterocycles. The number of aliphatic hydroxyl groups is 1. The minimum Gasteiger partial charge on any atom is -0.395 e. The molecule has 0 amide bonds. The van der Waals surface area contributed by atoms with Crippen LogP contribution in [-0.4, -0.2) is 11.7 Å². The van der Waals surface area contributed by atoms with Crippen LogP contribution in [0, 0.1) is 12.3 Å². The summed E-state index contributed by atoms with van der Waals surface area (Å²) in [6, 6.07) is 8.26. The maximum absolute atomic E-state index is 9.27. The lowest BCUT2D eigenvalue weighted by Crippen LogP contribution is -2.21. The van der Waals surface area contributed by atoms with Crippen LogP contribution in [0.5, 0.6) is 0 Å². The number of aryl methyl sites for hydroxylation is 1. The van der Waals surface area contributed by atoms with E-state index in [9.17, 15) is 5.11 Å². The van der Waals surface area contributed by atoms with Gasteiger partial charge in [0.15, 0.2) is 0 Å². The average molecular weight is 190 g/mol. The van der Waals surface area contributed by atoms with Crippen LogP contribution in [0.15, 0.2) is 36.9 Å². The van der Waals surface area contributed by atoms with E-state index in [-0.39, 0.29) is 12.0 Å². The van der Waals surface area contributed by atoms with Crippen molar-refractivity contribution in [3.05, 3.63) is 48.0 Å². The summed E-state index contributed by atoms with van der Waals surface area (Å²) >= 11 is 0. The molecule has 1 aromatic carbocycles. The molecule has 1 N–H and O–H groups in total. The van der Waals surface area contributed by atoms with Gasteiger partial charge < -0.3 is 5.11 Å². The van der Waals surface area contributed by atoms with Gasteiger partial charge in [-0.3, -0.25) is 0 Å². The van der Waals surface area contributed by atoms with E-state index in [0.29, 0.717) is 0 Å². The van der Waals surface area contributed by atoms with E-state index in [1.54, 1.807) is 0 Å². The van der Waals surface area contributed by atoms with Crippen molar-refractivity contribution in [2.45, 2.75) is 20.3 Å². The van der Waals surface area contributed by atoms with Gasteiger partial charge in [-0.1, -0.05) is 37.3 Å². The SMILES string of the molecule is C=CC(C)(CO)Cc1ccccc1C. The van der Waals surface area contributed by atoms with Crippen molar-refractivity contribution in [3.8, 4) is 0 Å². The first-order valence-electron chi connectivity index (χ1n) is 4.90. The van der Waals surface area contributed by atoms with E-state index in [4.69, 9.17) is 0 Å². The molecular weight excluding hydrogens is 172 g/mol. The molecule has 1 unspecified atom stereocenters. The van der Waals surface area contributed by atoms with Gasteiger partial charge in [-0.25, -0.2) is 0 Å². The molecule has 1 rings (SSSR count). The number of hydrogen-bond donors (Lipinski definition) is 1. The minimum absolute atomic E-state index is 0.144. The van der Waals surface area contributed by atoms with Crippen LogP contribution in [0.4, 0.5) is 0 Å². The van der Waals surface area contributed by atoms with Gasteiger partial charge in [0.05, 0.1) is 6.61 Å². The molecule has 1 atom stereocenters. The molecule has 0 radical (unpaired) electrons. The second-order valence-corrected chi connectivity index (χ2v) is 4.12. The number of hydrogen-bond acceptors (Lipinski definition) is 1. The molecule has 1 heteroatoms. The number of rotatable bonds is 4. The summed E-state index contributed by atoms with van der Waals surface area (Å²) in [6.07, 6.45) is 2.68. The van der Waals surface area contributed by atoms with Gasteiger partial charge in [-0.05, 0) is 24.5 Å². The molecule has 0 bridgehead atoms. The normalized spacial score (nSPS) is 14.8. The third-order valence-corrected chi connectivity index (χ3v) is 2.71. The van der Waals surface area contributed by atoms with Crippen LogP contribution in [0.1, 0.15) is 18.1 Å². The van der Waals surface area contributed by atoms with Gasteiger partial charge >= 0.3 is 0 Å². The summed E-state index contributed by atoms with van der Waals surface area (Å²) in [7, 11) is 0. The molecule has 0 spiro atoms. The van der Waals surface area contributed by atoms with Gasteiger partial charge in [-0.15, -0.1) is 6.58 Å². The fraction of sp³-hybridized carbons (Fsp3) is 0.385. The number of benzene rings is 1. The Morgan fingerprint density at radius 2 is 2.07 bits per heavy atom. The van der Waals surface area contributed by atoms with Crippen molar-refractivity contribution in [3.63, 3.8) is 0 Å². The molecule has 0 aliphatic carbocycles. The summed E-state index contributed by atoms with van der Waals surface area (Å²) in [5.74, 6) is 0. The van der Waals surface area contributed by atoms with Crippen LogP contribution in [0.2, 0.25) is 0 Å². The quantitative estimate of drug-likeness (QED) is 0.724. The third kappa shape index (κ3) is 2.46. The van der Waals surface area contributed by atoms with Gasteiger partial charge in [0.25, 0.3) is 0 Å². The summed E-state index contributed by atoms with van der Waals surface area (Å²) in [5, 5.41) is 9.27. The molecule has 0 heterocycles. The second-order valence-electron chi connectivity index (χ2n) is 4.12. The Morgan fingerprint density at radius 1 is 1.43 bits per heavy atom. The minimum atomic E-state index is -0.202. The highest BCUT2D eigenvalue weighted by molar-refractivity contribution is 5.27. The third-order valence-electron chi connectivity index (χ3n) is 2.71. The number of aliphatic hydroxyl groups excluding tert-OH is 1. The lowest BCUT2D eigenvalue weighted by Gasteiger charge is -2.23. The highest BCUT2D eigenvalue weighted by atomic mass is 16.3. The fourth-order valence-corrected chi connectivity index (χ4v) is 1.44. The fourth-order valence-electron chi connectivity index (χ4n) is 1.44. The topological polar surface area (TPSA) is 20.2 Å². The lowest BCUT2D eigenvalue weighted by atomic mass is 9.83. The summed E-state index contributed by atoms with van der Waals surface area (Å²) < 4.78 is 0. The Balaban J connectivity index is 2.87. The van der Waals surface area contributed by atoms with Crippen LogP contribution < -0.4 is 0 Å². The molecule has 0 aromatic heterocycles. The van der Waals surface area contributed by atoms with E-state index in [0.717, 1.165) is 6.42 Å².